The molecular weight excluding hydrogens is 1270 g/mol. The Morgan fingerprint density at radius 1 is 0.368 bits per heavy atom. The molecule has 9 aromatic heterocycles. The van der Waals surface area contributed by atoms with Gasteiger partial charge in [0.25, 0.3) is 0 Å². The largest absolute Gasteiger partial charge is 0.368 e. The van der Waals surface area contributed by atoms with Crippen LogP contribution in [0.3, 0.4) is 0 Å². The van der Waals surface area contributed by atoms with Crippen molar-refractivity contribution >= 4 is 147 Å². The third-order valence-corrected chi connectivity index (χ3v) is 21.9. The zero-order valence-corrected chi connectivity index (χ0v) is 56.4. The summed E-state index contributed by atoms with van der Waals surface area (Å²) in [4.78, 5) is 47.5. The molecule has 3 saturated heterocycles. The first-order valence-electron chi connectivity index (χ1n) is 31.5. The molecule has 30 heteroatoms. The molecule has 0 bridgehead atoms. The summed E-state index contributed by atoms with van der Waals surface area (Å²) < 4.78 is 76.0. The summed E-state index contributed by atoms with van der Waals surface area (Å²) in [5.41, 5.74) is 10.1. The van der Waals surface area contributed by atoms with E-state index in [-0.39, 0.29) is 52.6 Å². The Morgan fingerprint density at radius 3 is 1.13 bits per heavy atom. The highest BCUT2D eigenvalue weighted by Crippen LogP contribution is 2.32. The van der Waals surface area contributed by atoms with Gasteiger partial charge in [-0.15, -0.1) is 0 Å². The lowest BCUT2D eigenvalue weighted by atomic mass is 10.2. The Balaban J connectivity index is 0.000000129. The molecule has 15 rings (SSSR count). The number of anilines is 9. The molecule has 95 heavy (non-hydrogen) atoms. The lowest BCUT2D eigenvalue weighted by Crippen LogP contribution is -2.40. The van der Waals surface area contributed by atoms with Crippen molar-refractivity contribution in [2.24, 2.45) is 0 Å². The number of aromatic nitrogens is 15. The van der Waals surface area contributed by atoms with E-state index < -0.39 is 29.5 Å². The molecule has 3 N–H and O–H groups in total. The number of fused-ring (bicyclic) bond motifs is 9. The summed E-state index contributed by atoms with van der Waals surface area (Å²) in [5.74, 6) is 4.36. The molecule has 12 heterocycles. The van der Waals surface area contributed by atoms with E-state index in [0.29, 0.717) is 74.6 Å². The number of hydrogen-bond acceptors (Lipinski definition) is 24. The number of rotatable bonds is 12. The zero-order chi connectivity index (χ0) is 66.5. The fourth-order valence-corrected chi connectivity index (χ4v) is 15.6. The lowest BCUT2D eigenvalue weighted by molar-refractivity contribution is 0.551. The van der Waals surface area contributed by atoms with E-state index in [0.717, 1.165) is 93.7 Å². The molecule has 12 aromatic rings. The Morgan fingerprint density at radius 2 is 0.737 bits per heavy atom. The van der Waals surface area contributed by atoms with Crippen molar-refractivity contribution in [3.05, 3.63) is 128 Å². The van der Waals surface area contributed by atoms with Gasteiger partial charge in [-0.3, -0.25) is 14.0 Å². The monoisotopic (exact) mass is 1340 g/mol. The van der Waals surface area contributed by atoms with Crippen molar-refractivity contribution in [1.29, 1.82) is 0 Å². The summed E-state index contributed by atoms with van der Waals surface area (Å²) in [6.07, 6.45) is 14.5. The second-order valence-electron chi connectivity index (χ2n) is 24.8. The smallest absolute Gasteiger partial charge is 0.228 e. The summed E-state index contributed by atoms with van der Waals surface area (Å²) in [6, 6.07) is 22.3. The van der Waals surface area contributed by atoms with Crippen LogP contribution >= 0.6 is 0 Å². The first-order valence-corrected chi connectivity index (χ1v) is 36.9. The zero-order valence-electron chi connectivity index (χ0n) is 53.9. The number of nitrogens with one attached hydrogen (secondary N) is 3. The highest BCUT2D eigenvalue weighted by Gasteiger charge is 2.26. The highest BCUT2D eigenvalue weighted by atomic mass is 32.2. The predicted molar refractivity (Wildman–Crippen MR) is 374 cm³/mol. The second kappa shape index (κ2) is 25.8. The van der Waals surface area contributed by atoms with Crippen molar-refractivity contribution in [3.8, 4) is 0 Å². The minimum absolute atomic E-state index is 0.179. The van der Waals surface area contributed by atoms with Gasteiger partial charge < -0.3 is 30.7 Å². The van der Waals surface area contributed by atoms with E-state index in [1.165, 1.54) is 0 Å². The Labute approximate surface area is 549 Å². The van der Waals surface area contributed by atoms with E-state index in [1.54, 1.807) is 31.0 Å². The van der Waals surface area contributed by atoms with Crippen LogP contribution in [0.25, 0.3) is 65.4 Å². The van der Waals surface area contributed by atoms with E-state index in [1.807, 2.05) is 118 Å². The molecule has 0 aliphatic carbocycles. The van der Waals surface area contributed by atoms with Crippen LogP contribution in [0.15, 0.2) is 116 Å². The highest BCUT2D eigenvalue weighted by molar-refractivity contribution is 7.92. The van der Waals surface area contributed by atoms with Crippen LogP contribution < -0.4 is 30.7 Å². The molecule has 3 aliphatic rings. The molecule has 0 radical (unpaired) electrons. The van der Waals surface area contributed by atoms with Crippen molar-refractivity contribution in [3.63, 3.8) is 0 Å². The maximum Gasteiger partial charge on any atom is 0.228 e. The van der Waals surface area contributed by atoms with Gasteiger partial charge in [0.1, 0.15) is 34.0 Å². The van der Waals surface area contributed by atoms with Gasteiger partial charge in [-0.1, -0.05) is 36.4 Å². The first-order chi connectivity index (χ1) is 45.5. The van der Waals surface area contributed by atoms with Crippen LogP contribution in [-0.2, 0) is 29.5 Å². The van der Waals surface area contributed by atoms with Crippen LogP contribution in [0.5, 0.6) is 0 Å². The van der Waals surface area contributed by atoms with Crippen molar-refractivity contribution in [2.45, 2.75) is 73.5 Å². The maximum absolute atomic E-state index is 11.7. The Hall–Kier alpha value is -9.81. The van der Waals surface area contributed by atoms with Crippen LogP contribution in [-0.4, -0.2) is 173 Å². The molecule has 0 unspecified atom stereocenters. The van der Waals surface area contributed by atoms with Gasteiger partial charge in [-0.2, -0.15) is 15.3 Å². The second-order valence-corrected chi connectivity index (χ2v) is 31.7. The Bertz CT molecular complexity index is 4990. The van der Waals surface area contributed by atoms with Crippen molar-refractivity contribution in [1.82, 2.24) is 74.2 Å². The van der Waals surface area contributed by atoms with E-state index in [9.17, 15) is 25.3 Å². The average Bonchev–Trinajstić information content (AvgIpc) is 1.66. The molecule has 0 atom stereocenters. The topological polar surface area (TPSA) is 318 Å². The van der Waals surface area contributed by atoms with Gasteiger partial charge in [0.15, 0.2) is 29.5 Å². The lowest BCUT2D eigenvalue weighted by Gasteiger charge is -2.29. The number of hydrogen-bond donors (Lipinski definition) is 3. The van der Waals surface area contributed by atoms with Gasteiger partial charge in [0.2, 0.25) is 17.8 Å². The summed E-state index contributed by atoms with van der Waals surface area (Å²) >= 11 is 0. The fraction of sp³-hybridized carbons (Fsp3) is 0.354. The summed E-state index contributed by atoms with van der Waals surface area (Å²) in [6.45, 7) is 19.4. The standard InChI is InChI=1S/2C22H25N7O2S.C21H23N7O2S/c1-14(2)29-21-17(12-25-29)5-4-16-11-24-22(27-20(16)21)26-19-10-15(3)18(13-23-19)28-6-8-32(30,31)9-7-28;1-14(2)29-21-17(13-24-29)5-4-16-12-23-22(27-20(16)21)26-19-7-6-18(15(3)25-19)28-8-10-32(30,31)11-9-28;1-14(2)28-20-16(12-24-28)4-3-15-11-23-21(26-19(15)20)25-18-6-5-17(13-22-18)27-7-9-31(29,30)10-8-27/h4-5,10-14H,6-9H2,1-3H3,(H,23,24,26,27);4-7,12-14H,8-11H2,1-3H3,(H,23,25,26,27);3-6,11-14H,7-10H2,1-2H3,(H,22,23,25,26). The minimum Gasteiger partial charge on any atom is -0.368 e. The molecular formula is C65H73N21O6S3. The molecule has 3 aliphatic heterocycles. The maximum atomic E-state index is 11.7. The quantitative estimate of drug-likeness (QED) is 0.102. The normalized spacial score (nSPS) is 16.2. The molecule has 3 fully saturated rings. The van der Waals surface area contributed by atoms with Gasteiger partial charge in [0.05, 0.1) is 105 Å². The van der Waals surface area contributed by atoms with E-state index in [2.05, 4.69) is 112 Å². The van der Waals surface area contributed by atoms with Gasteiger partial charge in [-0.05, 0) is 91.3 Å². The van der Waals surface area contributed by atoms with Crippen LogP contribution in [0.4, 0.5) is 52.4 Å². The van der Waals surface area contributed by atoms with E-state index >= 15 is 0 Å². The molecule has 0 spiro atoms. The van der Waals surface area contributed by atoms with Crippen molar-refractivity contribution < 1.29 is 25.3 Å². The number of aryl methyl sites for hydroxylation is 2. The van der Waals surface area contributed by atoms with Gasteiger partial charge >= 0.3 is 0 Å². The van der Waals surface area contributed by atoms with Crippen LogP contribution in [0.2, 0.25) is 0 Å². The number of nitrogens with zero attached hydrogens (tertiary/aromatic N) is 18. The molecule has 0 amide bonds. The molecule has 27 nitrogen and oxygen atoms in total. The number of benzene rings is 3. The van der Waals surface area contributed by atoms with Crippen LogP contribution in [0, 0.1) is 13.8 Å². The van der Waals surface area contributed by atoms with Crippen LogP contribution in [0.1, 0.15) is 70.9 Å². The predicted octanol–water partition coefficient (Wildman–Crippen LogP) is 9.42. The van der Waals surface area contributed by atoms with E-state index in [4.69, 9.17) is 15.0 Å². The minimum atomic E-state index is -2.92. The van der Waals surface area contributed by atoms with Crippen molar-refractivity contribution in [2.75, 3.05) is 104 Å². The SMILES string of the molecule is CC(C)n1ncc2ccc3cnc(Nc4ccc(N5CCS(=O)(=O)CC5)cn4)nc3c21.Cc1cc(Nc2ncc3ccc4cnn(C(C)C)c4c3n2)ncc1N1CCS(=O)(=O)CC1.Cc1nc(Nc2ncc3ccc4cnn(C(C)C)c4c3n2)ccc1N1CCS(=O)(=O)CC1. The molecule has 0 saturated carbocycles. The molecule has 3 aromatic carbocycles. The molecule has 492 valence electrons. The third-order valence-electron chi connectivity index (χ3n) is 17.1. The number of pyridine rings is 3. The van der Waals surface area contributed by atoms with Gasteiger partial charge in [-0.25, -0.2) is 70.1 Å². The third kappa shape index (κ3) is 13.8. The number of sulfone groups is 3. The summed E-state index contributed by atoms with van der Waals surface area (Å²) in [5, 5.41) is 29.1. The Kier molecular flexibility index (Phi) is 17.4. The van der Waals surface area contributed by atoms with Gasteiger partial charge in [0, 0.05) is 108 Å². The fourth-order valence-electron chi connectivity index (χ4n) is 12.0. The average molecular weight is 1340 g/mol. The summed E-state index contributed by atoms with van der Waals surface area (Å²) in [7, 11) is -8.75. The first kappa shape index (κ1) is 63.9.